The van der Waals surface area contributed by atoms with Crippen LogP contribution >= 0.6 is 35.0 Å². The van der Waals surface area contributed by atoms with E-state index in [0.717, 1.165) is 23.4 Å². The van der Waals surface area contributed by atoms with Crippen molar-refractivity contribution in [3.05, 3.63) is 64.4 Å². The molecule has 0 atom stereocenters. The van der Waals surface area contributed by atoms with Crippen molar-refractivity contribution in [3.8, 4) is 0 Å². The highest BCUT2D eigenvalue weighted by atomic mass is 35.5. The minimum Gasteiger partial charge on any atom is -0.481 e. The van der Waals surface area contributed by atoms with Gasteiger partial charge in [0.05, 0.1) is 15.5 Å². The molecule has 1 aromatic carbocycles. The number of carboxylic acids is 1. The van der Waals surface area contributed by atoms with Crippen LogP contribution in [0.1, 0.15) is 31.4 Å². The lowest BCUT2D eigenvalue weighted by atomic mass is 9.71. The highest BCUT2D eigenvalue weighted by molar-refractivity contribution is 8.00. The normalized spacial score (nSPS) is 21.0. The predicted octanol–water partition coefficient (Wildman–Crippen LogP) is 6.20. The Morgan fingerprint density at radius 1 is 1.16 bits per heavy atom. The van der Waals surface area contributed by atoms with Crippen molar-refractivity contribution < 1.29 is 9.90 Å². The zero-order valence-electron chi connectivity index (χ0n) is 16.6. The number of benzene rings is 1. The van der Waals surface area contributed by atoms with Crippen LogP contribution in [-0.4, -0.2) is 31.5 Å². The van der Waals surface area contributed by atoms with E-state index in [-0.39, 0.29) is 0 Å². The second-order valence-electron chi connectivity index (χ2n) is 7.73. The van der Waals surface area contributed by atoms with Gasteiger partial charge in [-0.3, -0.25) is 9.89 Å². The van der Waals surface area contributed by atoms with Gasteiger partial charge in [-0.05, 0) is 49.9 Å². The van der Waals surface area contributed by atoms with Crippen LogP contribution in [0, 0.1) is 5.41 Å². The molecule has 2 heterocycles. The van der Waals surface area contributed by atoms with Crippen LogP contribution in [0.25, 0.3) is 0 Å². The minimum atomic E-state index is -0.812. The van der Waals surface area contributed by atoms with Gasteiger partial charge in [-0.25, -0.2) is 4.98 Å². The molecule has 0 spiro atoms. The number of halogens is 2. The largest absolute Gasteiger partial charge is 0.481 e. The van der Waals surface area contributed by atoms with Crippen LogP contribution in [0.2, 0.25) is 10.0 Å². The van der Waals surface area contributed by atoms with E-state index in [2.05, 4.69) is 20.5 Å². The van der Waals surface area contributed by atoms with Crippen LogP contribution in [0.5, 0.6) is 0 Å². The number of nitrogens with zero attached hydrogens (tertiary/aromatic N) is 2. The molecule has 0 bridgehead atoms. The van der Waals surface area contributed by atoms with Gasteiger partial charge in [0, 0.05) is 34.5 Å². The Morgan fingerprint density at radius 3 is 2.65 bits per heavy atom. The summed E-state index contributed by atoms with van der Waals surface area (Å²) in [5, 5.41) is 21.4. The fraction of sp³-hybridized carbons (Fsp3) is 0.318. The third kappa shape index (κ3) is 5.17. The summed E-state index contributed by atoms with van der Waals surface area (Å²) in [5.41, 5.74) is -0.0559. The SMILES string of the molecule is O=C(O)[C@]1(Cc2cccc(Nc3cc[nH]n3)n2)CC[C@@H](Sc2cccc(Cl)c2Cl)CC1. The van der Waals surface area contributed by atoms with Gasteiger partial charge in [0.15, 0.2) is 5.82 Å². The van der Waals surface area contributed by atoms with E-state index in [9.17, 15) is 9.90 Å². The molecule has 1 aliphatic rings. The number of aromatic nitrogens is 3. The van der Waals surface area contributed by atoms with E-state index in [1.54, 1.807) is 30.1 Å². The Labute approximate surface area is 194 Å². The number of carbonyl (C=O) groups is 1. The van der Waals surface area contributed by atoms with E-state index >= 15 is 0 Å². The second kappa shape index (κ2) is 9.51. The lowest BCUT2D eigenvalue weighted by Crippen LogP contribution is -2.38. The molecule has 0 saturated heterocycles. The van der Waals surface area contributed by atoms with E-state index in [1.165, 1.54) is 0 Å². The second-order valence-corrected chi connectivity index (χ2v) is 9.86. The zero-order chi connectivity index (χ0) is 21.8. The van der Waals surface area contributed by atoms with Crippen molar-refractivity contribution in [3.63, 3.8) is 0 Å². The summed E-state index contributed by atoms with van der Waals surface area (Å²) >= 11 is 14.1. The number of pyridine rings is 1. The molecular formula is C22H22Cl2N4O2S. The molecule has 0 radical (unpaired) electrons. The van der Waals surface area contributed by atoms with E-state index in [0.29, 0.717) is 46.2 Å². The van der Waals surface area contributed by atoms with E-state index in [4.69, 9.17) is 23.2 Å². The first-order chi connectivity index (χ1) is 14.9. The van der Waals surface area contributed by atoms with Crippen LogP contribution in [0.4, 0.5) is 11.6 Å². The first kappa shape index (κ1) is 22.0. The van der Waals surface area contributed by atoms with E-state index < -0.39 is 11.4 Å². The number of H-pyrrole nitrogens is 1. The van der Waals surface area contributed by atoms with Crippen LogP contribution in [0.3, 0.4) is 0 Å². The highest BCUT2D eigenvalue weighted by Crippen LogP contribution is 2.46. The molecule has 9 heteroatoms. The molecular weight excluding hydrogens is 455 g/mol. The number of thioether (sulfide) groups is 1. The number of carboxylic acid groups (broad SMARTS) is 1. The summed E-state index contributed by atoms with van der Waals surface area (Å²) in [6, 6.07) is 13.0. The Morgan fingerprint density at radius 2 is 1.94 bits per heavy atom. The molecule has 3 aromatic rings. The minimum absolute atomic E-state index is 0.309. The smallest absolute Gasteiger partial charge is 0.310 e. The van der Waals surface area contributed by atoms with Crippen molar-refractivity contribution >= 4 is 52.6 Å². The van der Waals surface area contributed by atoms with Gasteiger partial charge < -0.3 is 10.4 Å². The first-order valence-electron chi connectivity index (χ1n) is 10.0. The van der Waals surface area contributed by atoms with Gasteiger partial charge >= 0.3 is 5.97 Å². The highest BCUT2D eigenvalue weighted by Gasteiger charge is 2.42. The Bertz CT molecular complexity index is 1050. The molecule has 0 unspecified atom stereocenters. The van der Waals surface area contributed by atoms with Gasteiger partial charge in [-0.2, -0.15) is 5.10 Å². The molecule has 4 rings (SSSR count). The number of hydrogen-bond acceptors (Lipinski definition) is 5. The van der Waals surface area contributed by atoms with Crippen LogP contribution in [-0.2, 0) is 11.2 Å². The van der Waals surface area contributed by atoms with Crippen molar-refractivity contribution in [2.45, 2.75) is 42.2 Å². The van der Waals surface area contributed by atoms with E-state index in [1.807, 2.05) is 30.3 Å². The number of aromatic amines is 1. The molecule has 1 fully saturated rings. The van der Waals surface area contributed by atoms with Crippen molar-refractivity contribution in [1.82, 2.24) is 15.2 Å². The maximum absolute atomic E-state index is 12.3. The molecule has 3 N–H and O–H groups in total. The Kier molecular flexibility index (Phi) is 6.74. The Balaban J connectivity index is 1.43. The van der Waals surface area contributed by atoms with Crippen molar-refractivity contribution in [2.24, 2.45) is 5.41 Å². The maximum Gasteiger partial charge on any atom is 0.310 e. The third-order valence-electron chi connectivity index (χ3n) is 5.64. The quantitative estimate of drug-likeness (QED) is 0.375. The number of hydrogen-bond donors (Lipinski definition) is 3. The summed E-state index contributed by atoms with van der Waals surface area (Å²) < 4.78 is 0. The van der Waals surface area contributed by atoms with Gasteiger partial charge in [0.2, 0.25) is 0 Å². The lowest BCUT2D eigenvalue weighted by molar-refractivity contribution is -0.151. The van der Waals surface area contributed by atoms with Gasteiger partial charge in [-0.1, -0.05) is 35.3 Å². The number of aliphatic carboxylic acids is 1. The molecule has 6 nitrogen and oxygen atoms in total. The topological polar surface area (TPSA) is 90.9 Å². The summed E-state index contributed by atoms with van der Waals surface area (Å²) in [5.74, 6) is 0.545. The third-order valence-corrected chi connectivity index (χ3v) is 7.97. The number of nitrogens with one attached hydrogen (secondary N) is 2. The summed E-state index contributed by atoms with van der Waals surface area (Å²) in [4.78, 5) is 17.8. The standard InChI is InChI=1S/C22H22Cl2N4O2S/c23-16-4-2-5-17(20(16)24)31-15-7-10-22(11-8-15,21(29)30)13-14-3-1-6-18(26-14)27-19-9-12-25-28-19/h1-6,9,12,15H,7-8,10-11,13H2,(H,29,30)(H2,25,26,27,28)/t15-,22-. The molecule has 1 aliphatic carbocycles. The molecule has 0 amide bonds. The summed E-state index contributed by atoms with van der Waals surface area (Å²) in [6.07, 6.45) is 4.90. The average molecular weight is 477 g/mol. The fourth-order valence-corrected chi connectivity index (χ4v) is 5.63. The first-order valence-corrected chi connectivity index (χ1v) is 11.7. The number of rotatable bonds is 7. The molecule has 31 heavy (non-hydrogen) atoms. The van der Waals surface area contributed by atoms with Gasteiger partial charge in [0.25, 0.3) is 0 Å². The van der Waals surface area contributed by atoms with Crippen LogP contribution in [0.15, 0.2) is 53.6 Å². The number of anilines is 2. The van der Waals surface area contributed by atoms with Crippen LogP contribution < -0.4 is 5.32 Å². The summed E-state index contributed by atoms with van der Waals surface area (Å²) in [6.45, 7) is 0. The predicted molar refractivity (Wildman–Crippen MR) is 124 cm³/mol. The van der Waals surface area contributed by atoms with Gasteiger partial charge in [0.1, 0.15) is 5.82 Å². The lowest BCUT2D eigenvalue weighted by Gasteiger charge is -2.36. The Hall–Kier alpha value is -2.22. The molecule has 2 aromatic heterocycles. The fourth-order valence-electron chi connectivity index (χ4n) is 3.94. The monoisotopic (exact) mass is 476 g/mol. The molecule has 1 saturated carbocycles. The average Bonchev–Trinajstić information content (AvgIpc) is 3.26. The zero-order valence-corrected chi connectivity index (χ0v) is 19.0. The van der Waals surface area contributed by atoms with Crippen molar-refractivity contribution in [2.75, 3.05) is 5.32 Å². The summed E-state index contributed by atoms with van der Waals surface area (Å²) in [7, 11) is 0. The van der Waals surface area contributed by atoms with Gasteiger partial charge in [-0.15, -0.1) is 11.8 Å². The van der Waals surface area contributed by atoms with Crippen molar-refractivity contribution in [1.29, 1.82) is 0 Å². The maximum atomic E-state index is 12.3. The molecule has 162 valence electrons. The molecule has 0 aliphatic heterocycles.